The van der Waals surface area contributed by atoms with E-state index in [-0.39, 0.29) is 10.9 Å². The monoisotopic (exact) mass is 579 g/mol. The van der Waals surface area contributed by atoms with Gasteiger partial charge >= 0.3 is 0 Å². The average molecular weight is 580 g/mol. The summed E-state index contributed by atoms with van der Waals surface area (Å²) in [4.78, 5) is 24.3. The van der Waals surface area contributed by atoms with E-state index < -0.39 is 17.3 Å². The van der Waals surface area contributed by atoms with Gasteiger partial charge in [-0.25, -0.2) is 10.3 Å². The van der Waals surface area contributed by atoms with Crippen molar-refractivity contribution in [2.75, 3.05) is 20.6 Å². The van der Waals surface area contributed by atoms with Crippen LogP contribution in [0.25, 0.3) is 11.1 Å². The molecule has 1 heterocycles. The molecule has 2 aromatic carbocycles. The summed E-state index contributed by atoms with van der Waals surface area (Å²) in [5, 5.41) is 0.268. The van der Waals surface area contributed by atoms with Gasteiger partial charge < -0.3 is 9.88 Å². The zero-order valence-electron chi connectivity index (χ0n) is 20.6. The van der Waals surface area contributed by atoms with Gasteiger partial charge in [-0.2, -0.15) is 0 Å². The molecule has 190 valence electrons. The fourth-order valence-electron chi connectivity index (χ4n) is 4.63. The lowest BCUT2D eigenvalue weighted by molar-refractivity contribution is -0.0389. The van der Waals surface area contributed by atoms with Crippen LogP contribution in [0.1, 0.15) is 23.5 Å². The van der Waals surface area contributed by atoms with E-state index in [1.807, 2.05) is 79.7 Å². The minimum Gasteiger partial charge on any atom is -0.328 e. The van der Waals surface area contributed by atoms with E-state index in [0.29, 0.717) is 24.1 Å². The van der Waals surface area contributed by atoms with Gasteiger partial charge in [0.2, 0.25) is 0 Å². The standard InChI is InChI=1S/C29H28BrFN3O2P/c1-34(2)16-15-29(36-32,24-9-6-10-25(31)27(24)37)26(20-7-4-3-5-8-20)23-17-21(18-33-28(23)35)19-11-13-22(30)14-12-19/h3-5,7-8,10-14,17-18,26H,15-16,32,37H2,1-2H3,(H,33,35). The summed E-state index contributed by atoms with van der Waals surface area (Å²) in [5.41, 5.74) is 7.58. The maximum absolute atomic E-state index is 14.9. The van der Waals surface area contributed by atoms with Crippen LogP contribution in [-0.4, -0.2) is 36.1 Å². The van der Waals surface area contributed by atoms with E-state index in [0.717, 1.165) is 21.2 Å². The molecule has 3 aromatic rings. The van der Waals surface area contributed by atoms with Crippen LogP contribution in [-0.2, 0) is 4.84 Å². The summed E-state index contributed by atoms with van der Waals surface area (Å²) in [6.45, 7) is 0.555. The Labute approximate surface area is 226 Å². The molecule has 1 aliphatic carbocycles. The van der Waals surface area contributed by atoms with Crippen molar-refractivity contribution in [1.29, 1.82) is 0 Å². The molecule has 5 nitrogen and oxygen atoms in total. The Bertz CT molecular complexity index is 1470. The largest absolute Gasteiger partial charge is 0.328 e. The molecule has 3 N–H and O–H groups in total. The molecule has 4 rings (SSSR count). The molecule has 1 aliphatic rings. The third-order valence-electron chi connectivity index (χ3n) is 6.51. The second kappa shape index (κ2) is 11.7. The quantitative estimate of drug-likeness (QED) is 0.190. The highest BCUT2D eigenvalue weighted by atomic mass is 79.9. The third kappa shape index (κ3) is 5.70. The van der Waals surface area contributed by atoms with Gasteiger partial charge in [0.25, 0.3) is 5.56 Å². The molecule has 0 fully saturated rings. The van der Waals surface area contributed by atoms with Crippen LogP contribution in [0.3, 0.4) is 0 Å². The van der Waals surface area contributed by atoms with E-state index in [4.69, 9.17) is 10.7 Å². The first-order valence-electron chi connectivity index (χ1n) is 11.7. The van der Waals surface area contributed by atoms with E-state index >= 15 is 0 Å². The van der Waals surface area contributed by atoms with Gasteiger partial charge in [0.15, 0.2) is 0 Å². The van der Waals surface area contributed by atoms with E-state index in [9.17, 15) is 9.18 Å². The number of rotatable bonds is 9. The van der Waals surface area contributed by atoms with Gasteiger partial charge in [0, 0.05) is 39.7 Å². The predicted octanol–water partition coefficient (Wildman–Crippen LogP) is 5.82. The van der Waals surface area contributed by atoms with Gasteiger partial charge in [-0.1, -0.05) is 69.9 Å². The van der Waals surface area contributed by atoms with Crippen LogP contribution < -0.4 is 11.5 Å². The van der Waals surface area contributed by atoms with Crippen molar-refractivity contribution in [3.05, 3.63) is 127 Å². The Balaban J connectivity index is 2.03. The molecule has 0 saturated heterocycles. The minimum absolute atomic E-state index is 0.268. The molecule has 0 amide bonds. The lowest BCUT2D eigenvalue weighted by Gasteiger charge is -2.41. The molecular weight excluding hydrogens is 552 g/mol. The smallest absolute Gasteiger partial charge is 0.251 e. The summed E-state index contributed by atoms with van der Waals surface area (Å²) in [5.74, 6) is 4.97. The Morgan fingerprint density at radius 2 is 1.86 bits per heavy atom. The molecule has 0 saturated carbocycles. The number of hydrogen-bond donors (Lipinski definition) is 2. The fourth-order valence-corrected chi connectivity index (χ4v) is 5.29. The number of nitrogens with one attached hydrogen (secondary N) is 1. The highest BCUT2D eigenvalue weighted by molar-refractivity contribution is 9.10. The van der Waals surface area contributed by atoms with Crippen LogP contribution in [0.15, 0.2) is 110 Å². The Morgan fingerprint density at radius 1 is 1.16 bits per heavy atom. The van der Waals surface area contributed by atoms with Crippen molar-refractivity contribution < 1.29 is 9.23 Å². The van der Waals surface area contributed by atoms with Gasteiger partial charge in [-0.05, 0) is 55.4 Å². The normalized spacial score (nSPS) is 15.6. The molecule has 3 atom stereocenters. The maximum atomic E-state index is 14.9. The molecular formula is C29H28BrFN3O2P. The molecule has 0 spiro atoms. The number of pyridine rings is 1. The van der Waals surface area contributed by atoms with Crippen LogP contribution in [0.5, 0.6) is 0 Å². The van der Waals surface area contributed by atoms with E-state index in [2.05, 4.69) is 41.6 Å². The first-order chi connectivity index (χ1) is 17.8. The summed E-state index contributed by atoms with van der Waals surface area (Å²) in [6.07, 6.45) is 3.26. The summed E-state index contributed by atoms with van der Waals surface area (Å²) >= 11 is 3.47. The van der Waals surface area contributed by atoms with Gasteiger partial charge in [-0.15, -0.1) is 9.24 Å². The number of nitrogens with zero attached hydrogens (tertiary/aromatic N) is 1. The van der Waals surface area contributed by atoms with E-state index in [1.165, 1.54) is 6.08 Å². The van der Waals surface area contributed by atoms with Crippen LogP contribution in [0.2, 0.25) is 0 Å². The molecule has 3 unspecified atom stereocenters. The molecule has 8 heteroatoms. The minimum atomic E-state index is -1.34. The number of allylic oxidation sites excluding steroid dienone is 2. The highest BCUT2D eigenvalue weighted by Gasteiger charge is 2.47. The molecule has 0 aliphatic heterocycles. The topological polar surface area (TPSA) is 71.3 Å². The molecule has 0 bridgehead atoms. The van der Waals surface area contributed by atoms with Crippen molar-refractivity contribution in [2.24, 2.45) is 5.90 Å². The first kappa shape index (κ1) is 27.2. The summed E-state index contributed by atoms with van der Waals surface area (Å²) < 4.78 is 15.8. The number of H-pyrrole nitrogens is 1. The Kier molecular flexibility index (Phi) is 8.59. The lowest BCUT2D eigenvalue weighted by atomic mass is 9.71. The number of aromatic amines is 1. The Hall–Kier alpha value is -2.85. The van der Waals surface area contributed by atoms with Crippen molar-refractivity contribution in [2.45, 2.75) is 17.9 Å². The summed E-state index contributed by atoms with van der Waals surface area (Å²) in [6, 6.07) is 19.2. The second-order valence-corrected chi connectivity index (χ2v) is 10.6. The summed E-state index contributed by atoms with van der Waals surface area (Å²) in [7, 11) is 6.30. The number of hydrogen-bond acceptors (Lipinski definition) is 4. The van der Waals surface area contributed by atoms with Crippen LogP contribution in [0, 0.1) is 0 Å². The number of benzene rings is 2. The first-order valence-corrected chi connectivity index (χ1v) is 13.1. The van der Waals surface area contributed by atoms with Gasteiger partial charge in [-0.3, -0.25) is 9.63 Å². The highest BCUT2D eigenvalue weighted by Crippen LogP contribution is 2.47. The van der Waals surface area contributed by atoms with E-state index in [1.54, 1.807) is 6.20 Å². The molecule has 37 heavy (non-hydrogen) atoms. The molecule has 0 radical (unpaired) electrons. The zero-order chi connectivity index (χ0) is 26.6. The zero-order valence-corrected chi connectivity index (χ0v) is 23.3. The van der Waals surface area contributed by atoms with Crippen molar-refractivity contribution in [3.8, 4) is 11.1 Å². The predicted molar refractivity (Wildman–Crippen MR) is 153 cm³/mol. The maximum Gasteiger partial charge on any atom is 0.251 e. The fraction of sp³-hybridized carbons (Fsp3) is 0.207. The van der Waals surface area contributed by atoms with Crippen molar-refractivity contribution >= 4 is 25.2 Å². The third-order valence-corrected chi connectivity index (χ3v) is 7.60. The van der Waals surface area contributed by atoms with Gasteiger partial charge in [0.1, 0.15) is 11.4 Å². The van der Waals surface area contributed by atoms with Crippen LogP contribution in [0.4, 0.5) is 4.39 Å². The SMILES string of the molecule is CN(C)CCC(ON)(C1=C=C=CC(F)=C1P)C(c1ccccc1)c1cc(-c2ccc(Br)cc2)c[nH]c1=O. The van der Waals surface area contributed by atoms with Gasteiger partial charge in [0.05, 0.1) is 5.92 Å². The van der Waals surface area contributed by atoms with Crippen LogP contribution >= 0.6 is 25.2 Å². The molecule has 1 aromatic heterocycles. The lowest BCUT2D eigenvalue weighted by Crippen LogP contribution is -2.47. The second-order valence-electron chi connectivity index (χ2n) is 9.13. The number of aromatic nitrogens is 1. The number of halogens is 2. The number of nitrogens with two attached hydrogens (primary N) is 1. The Morgan fingerprint density at radius 3 is 2.51 bits per heavy atom. The average Bonchev–Trinajstić information content (AvgIpc) is 2.90. The van der Waals surface area contributed by atoms with Crippen molar-refractivity contribution in [1.82, 2.24) is 9.88 Å². The van der Waals surface area contributed by atoms with Crippen molar-refractivity contribution in [3.63, 3.8) is 0 Å².